The molecule has 0 aromatic heterocycles. The summed E-state index contributed by atoms with van der Waals surface area (Å²) in [4.78, 5) is 26.4. The maximum atomic E-state index is 12.9. The number of likely N-dealkylation sites (N-methyl/N-ethyl adjacent to an activating group) is 1. The first-order chi connectivity index (χ1) is 11.0. The molecule has 24 heavy (non-hydrogen) atoms. The summed E-state index contributed by atoms with van der Waals surface area (Å²) in [6.07, 6.45) is -4.65. The summed E-state index contributed by atoms with van der Waals surface area (Å²) >= 11 is 5.56. The molecule has 5 nitrogen and oxygen atoms in total. The predicted octanol–water partition coefficient (Wildman–Crippen LogP) is 2.39. The zero-order valence-electron chi connectivity index (χ0n) is 13.6. The van der Waals surface area contributed by atoms with E-state index in [1.54, 1.807) is 0 Å². The maximum Gasteiger partial charge on any atom is 0.417 e. The van der Waals surface area contributed by atoms with Crippen molar-refractivity contribution >= 4 is 29.1 Å². The fourth-order valence-electron chi connectivity index (χ4n) is 1.90. The average molecular weight is 366 g/mol. The molecule has 0 unspecified atom stereocenters. The third-order valence-electron chi connectivity index (χ3n) is 3.13. The summed E-state index contributed by atoms with van der Waals surface area (Å²) in [5, 5.41) is 2.14. The first kappa shape index (κ1) is 20.2. The Morgan fingerprint density at radius 1 is 1.25 bits per heavy atom. The zero-order chi connectivity index (χ0) is 18.5. The Labute approximate surface area is 143 Å². The van der Waals surface area contributed by atoms with E-state index in [0.29, 0.717) is 13.1 Å². The van der Waals surface area contributed by atoms with E-state index in [1.165, 1.54) is 13.0 Å². The van der Waals surface area contributed by atoms with E-state index in [2.05, 4.69) is 5.32 Å². The van der Waals surface area contributed by atoms with Crippen LogP contribution in [0.3, 0.4) is 0 Å². The smallest absolute Gasteiger partial charge is 0.353 e. The molecule has 0 saturated carbocycles. The Balaban J connectivity index is 2.93. The van der Waals surface area contributed by atoms with Gasteiger partial charge in [-0.1, -0.05) is 11.6 Å². The lowest BCUT2D eigenvalue weighted by molar-refractivity contribution is -0.137. The van der Waals surface area contributed by atoms with Crippen LogP contribution in [-0.4, -0.2) is 50.4 Å². The SMILES string of the molecule is CC(=O)N(CC(=O)NCCN(C)C)c1ccc(Cl)c(C(F)(F)F)c1. The van der Waals surface area contributed by atoms with Crippen molar-refractivity contribution in [3.63, 3.8) is 0 Å². The van der Waals surface area contributed by atoms with Gasteiger partial charge in [0.2, 0.25) is 11.8 Å². The topological polar surface area (TPSA) is 52.7 Å². The van der Waals surface area contributed by atoms with Crippen molar-refractivity contribution < 1.29 is 22.8 Å². The number of nitrogens with one attached hydrogen (secondary N) is 1. The number of nitrogens with zero attached hydrogens (tertiary/aromatic N) is 2. The molecule has 0 spiro atoms. The van der Waals surface area contributed by atoms with Gasteiger partial charge >= 0.3 is 6.18 Å². The predicted molar refractivity (Wildman–Crippen MR) is 86.0 cm³/mol. The molecule has 0 aliphatic rings. The van der Waals surface area contributed by atoms with Gasteiger partial charge in [-0.3, -0.25) is 9.59 Å². The van der Waals surface area contributed by atoms with Gasteiger partial charge in [0, 0.05) is 25.7 Å². The number of rotatable bonds is 6. The van der Waals surface area contributed by atoms with Crippen molar-refractivity contribution in [3.8, 4) is 0 Å². The van der Waals surface area contributed by atoms with Crippen molar-refractivity contribution in [1.29, 1.82) is 0 Å². The molecule has 0 bridgehead atoms. The summed E-state index contributed by atoms with van der Waals surface area (Å²) < 4.78 is 38.8. The van der Waals surface area contributed by atoms with Gasteiger partial charge in [0.25, 0.3) is 0 Å². The van der Waals surface area contributed by atoms with Crippen LogP contribution in [0.4, 0.5) is 18.9 Å². The standard InChI is InChI=1S/C15H19ClF3N3O2/c1-10(23)22(9-14(24)20-6-7-21(2)3)11-4-5-13(16)12(8-11)15(17,18)19/h4-5,8H,6-7,9H2,1-3H3,(H,20,24). The minimum absolute atomic E-state index is 0.0398. The number of alkyl halides is 3. The minimum Gasteiger partial charge on any atom is -0.353 e. The van der Waals surface area contributed by atoms with Crippen molar-refractivity contribution in [2.75, 3.05) is 38.6 Å². The Hall–Kier alpha value is -1.80. The highest BCUT2D eigenvalue weighted by Crippen LogP contribution is 2.36. The molecule has 0 fully saturated rings. The number of hydrogen-bond acceptors (Lipinski definition) is 3. The first-order valence-corrected chi connectivity index (χ1v) is 7.46. The Morgan fingerprint density at radius 3 is 2.38 bits per heavy atom. The number of anilines is 1. The lowest BCUT2D eigenvalue weighted by Gasteiger charge is -2.22. The Morgan fingerprint density at radius 2 is 1.88 bits per heavy atom. The molecule has 0 atom stereocenters. The number of carbonyl (C=O) groups excluding carboxylic acids is 2. The molecule has 134 valence electrons. The normalized spacial score (nSPS) is 11.5. The number of carbonyl (C=O) groups is 2. The average Bonchev–Trinajstić information content (AvgIpc) is 2.43. The van der Waals surface area contributed by atoms with Gasteiger partial charge in [0.1, 0.15) is 6.54 Å². The molecule has 0 radical (unpaired) electrons. The molecule has 0 saturated heterocycles. The second-order valence-electron chi connectivity index (χ2n) is 5.42. The van der Waals surface area contributed by atoms with Crippen molar-refractivity contribution in [2.45, 2.75) is 13.1 Å². The molecule has 1 aromatic carbocycles. The third kappa shape index (κ3) is 6.01. The van der Waals surface area contributed by atoms with Crippen LogP contribution in [-0.2, 0) is 15.8 Å². The molecule has 0 aliphatic heterocycles. The van der Waals surface area contributed by atoms with Gasteiger partial charge in [0.05, 0.1) is 10.6 Å². The Bertz CT molecular complexity index is 606. The number of benzene rings is 1. The monoisotopic (exact) mass is 365 g/mol. The number of amides is 2. The lowest BCUT2D eigenvalue weighted by atomic mass is 10.1. The molecule has 1 aromatic rings. The van der Waals surface area contributed by atoms with Crippen LogP contribution in [0.1, 0.15) is 12.5 Å². The minimum atomic E-state index is -4.65. The summed E-state index contributed by atoms with van der Waals surface area (Å²) in [7, 11) is 3.67. The second kappa shape index (κ2) is 8.34. The van der Waals surface area contributed by atoms with Gasteiger partial charge in [0.15, 0.2) is 0 Å². The highest BCUT2D eigenvalue weighted by atomic mass is 35.5. The van der Waals surface area contributed by atoms with Crippen molar-refractivity contribution in [2.24, 2.45) is 0 Å². The summed E-state index contributed by atoms with van der Waals surface area (Å²) in [6, 6.07) is 3.09. The molecule has 0 heterocycles. The molecule has 1 rings (SSSR count). The zero-order valence-corrected chi connectivity index (χ0v) is 14.3. The van der Waals surface area contributed by atoms with Crippen LogP contribution in [0.15, 0.2) is 18.2 Å². The van der Waals surface area contributed by atoms with Gasteiger partial charge in [-0.15, -0.1) is 0 Å². The third-order valence-corrected chi connectivity index (χ3v) is 3.46. The van der Waals surface area contributed by atoms with Gasteiger partial charge in [-0.2, -0.15) is 13.2 Å². The largest absolute Gasteiger partial charge is 0.417 e. The molecular weight excluding hydrogens is 347 g/mol. The number of hydrogen-bond donors (Lipinski definition) is 1. The van der Waals surface area contributed by atoms with E-state index in [9.17, 15) is 22.8 Å². The fourth-order valence-corrected chi connectivity index (χ4v) is 2.13. The maximum absolute atomic E-state index is 12.9. The van der Waals surface area contributed by atoms with Crippen LogP contribution in [0.2, 0.25) is 5.02 Å². The molecular formula is C15H19ClF3N3O2. The Kier molecular flexibility index (Phi) is 7.04. The van der Waals surface area contributed by atoms with Crippen LogP contribution >= 0.6 is 11.6 Å². The van der Waals surface area contributed by atoms with Crippen LogP contribution in [0.5, 0.6) is 0 Å². The fraction of sp³-hybridized carbons (Fsp3) is 0.467. The van der Waals surface area contributed by atoms with E-state index >= 15 is 0 Å². The van der Waals surface area contributed by atoms with Crippen LogP contribution in [0.25, 0.3) is 0 Å². The quantitative estimate of drug-likeness (QED) is 0.842. The summed E-state index contributed by atoms with van der Waals surface area (Å²) in [5.74, 6) is -1.01. The van der Waals surface area contributed by atoms with Crippen molar-refractivity contribution in [3.05, 3.63) is 28.8 Å². The molecule has 2 amide bonds. The van der Waals surface area contributed by atoms with Gasteiger partial charge in [-0.25, -0.2) is 0 Å². The van der Waals surface area contributed by atoms with E-state index in [4.69, 9.17) is 11.6 Å². The van der Waals surface area contributed by atoms with E-state index in [0.717, 1.165) is 17.0 Å². The number of halogens is 4. The van der Waals surface area contributed by atoms with E-state index in [1.807, 2.05) is 19.0 Å². The van der Waals surface area contributed by atoms with Crippen LogP contribution in [0, 0.1) is 0 Å². The highest BCUT2D eigenvalue weighted by molar-refractivity contribution is 6.31. The second-order valence-corrected chi connectivity index (χ2v) is 5.83. The first-order valence-electron chi connectivity index (χ1n) is 7.08. The molecule has 0 aliphatic carbocycles. The highest BCUT2D eigenvalue weighted by Gasteiger charge is 2.34. The summed E-state index contributed by atoms with van der Waals surface area (Å²) in [6.45, 7) is 1.77. The van der Waals surface area contributed by atoms with E-state index < -0.39 is 28.6 Å². The van der Waals surface area contributed by atoms with Crippen LogP contribution < -0.4 is 10.2 Å². The molecule has 9 heteroatoms. The lowest BCUT2D eigenvalue weighted by Crippen LogP contribution is -2.41. The summed E-state index contributed by atoms with van der Waals surface area (Å²) in [5.41, 5.74) is -1.09. The molecule has 1 N–H and O–H groups in total. The van der Waals surface area contributed by atoms with Gasteiger partial charge < -0.3 is 15.1 Å². The van der Waals surface area contributed by atoms with E-state index in [-0.39, 0.29) is 12.2 Å². The van der Waals surface area contributed by atoms with Crippen molar-refractivity contribution in [1.82, 2.24) is 10.2 Å². The van der Waals surface area contributed by atoms with Gasteiger partial charge in [-0.05, 0) is 32.3 Å².